The van der Waals surface area contributed by atoms with Crippen molar-refractivity contribution >= 4 is 27.5 Å². The number of imidazole rings is 1. The van der Waals surface area contributed by atoms with Gasteiger partial charge in [-0.15, -0.1) is 0 Å². The predicted molar refractivity (Wildman–Crippen MR) is 76.3 cm³/mol. The number of aryl methyl sites for hydroxylation is 1. The van der Waals surface area contributed by atoms with Crippen LogP contribution in [-0.2, 0) is 0 Å². The van der Waals surface area contributed by atoms with Crippen LogP contribution in [0.25, 0.3) is 11.9 Å². The van der Waals surface area contributed by atoms with Gasteiger partial charge in [0.15, 0.2) is 0 Å². The third-order valence-electron chi connectivity index (χ3n) is 2.71. The van der Waals surface area contributed by atoms with Crippen LogP contribution >= 0.6 is 27.5 Å². The van der Waals surface area contributed by atoms with Crippen molar-refractivity contribution in [1.82, 2.24) is 34.3 Å². The Kier molecular flexibility index (Phi) is 3.27. The quantitative estimate of drug-likeness (QED) is 0.706. The summed E-state index contributed by atoms with van der Waals surface area (Å²) < 4.78 is 4.18. The molecule has 3 aromatic rings. The summed E-state index contributed by atoms with van der Waals surface area (Å²) in [4.78, 5) is 16.5. The summed E-state index contributed by atoms with van der Waals surface area (Å²) in [7, 11) is 0. The smallest absolute Gasteiger partial charge is 0.256 e. The van der Waals surface area contributed by atoms with E-state index in [9.17, 15) is 0 Å². The van der Waals surface area contributed by atoms with E-state index in [0.717, 1.165) is 15.9 Å². The molecule has 0 unspecified atom stereocenters. The number of halogens is 2. The van der Waals surface area contributed by atoms with E-state index in [1.165, 1.54) is 0 Å². The summed E-state index contributed by atoms with van der Waals surface area (Å²) in [6.07, 6.45) is 4.95. The molecule has 0 saturated heterocycles. The molecule has 9 heteroatoms. The molecule has 0 radical (unpaired) electrons. The lowest BCUT2D eigenvalue weighted by Crippen LogP contribution is -2.10. The minimum absolute atomic E-state index is 0.0994. The summed E-state index contributed by atoms with van der Waals surface area (Å²) in [5.74, 6) is 0.751. The maximum absolute atomic E-state index is 5.97. The van der Waals surface area contributed by atoms with E-state index in [0.29, 0.717) is 11.9 Å². The van der Waals surface area contributed by atoms with E-state index in [1.807, 2.05) is 13.8 Å². The van der Waals surface area contributed by atoms with Crippen LogP contribution in [0.1, 0.15) is 11.4 Å². The van der Waals surface area contributed by atoms with Gasteiger partial charge in [0, 0.05) is 12.4 Å². The maximum atomic E-state index is 5.97. The highest BCUT2D eigenvalue weighted by molar-refractivity contribution is 9.10. The second-order valence-corrected chi connectivity index (χ2v) is 5.20. The number of hydrogen-bond acceptors (Lipinski definition) is 5. The first-order chi connectivity index (χ1) is 9.56. The third-order valence-corrected chi connectivity index (χ3v) is 4.03. The highest BCUT2D eigenvalue weighted by Gasteiger charge is 2.15. The topological polar surface area (TPSA) is 74.3 Å². The van der Waals surface area contributed by atoms with E-state index in [1.54, 1.807) is 28.0 Å². The number of aromatic nitrogens is 7. The Balaban J connectivity index is 2.17. The number of nitrogens with zero attached hydrogens (tertiary/aromatic N) is 7. The Morgan fingerprint density at radius 2 is 1.90 bits per heavy atom. The summed E-state index contributed by atoms with van der Waals surface area (Å²) in [6, 6.07) is 0. The monoisotopic (exact) mass is 353 g/mol. The van der Waals surface area contributed by atoms with Crippen molar-refractivity contribution in [2.24, 2.45) is 0 Å². The van der Waals surface area contributed by atoms with Gasteiger partial charge in [-0.2, -0.15) is 20.1 Å². The zero-order valence-electron chi connectivity index (χ0n) is 10.6. The van der Waals surface area contributed by atoms with Gasteiger partial charge in [-0.1, -0.05) is 0 Å². The summed E-state index contributed by atoms with van der Waals surface area (Å²) in [5.41, 5.74) is 1.74. The van der Waals surface area contributed by atoms with Crippen molar-refractivity contribution in [2.75, 3.05) is 0 Å². The van der Waals surface area contributed by atoms with Gasteiger partial charge in [-0.25, -0.2) is 9.67 Å². The number of hydrogen-bond donors (Lipinski definition) is 0. The Morgan fingerprint density at radius 1 is 1.15 bits per heavy atom. The zero-order valence-corrected chi connectivity index (χ0v) is 13.0. The van der Waals surface area contributed by atoms with Gasteiger partial charge in [0.05, 0.1) is 15.9 Å². The van der Waals surface area contributed by atoms with Gasteiger partial charge >= 0.3 is 0 Å². The molecule has 0 amide bonds. The molecule has 0 saturated carbocycles. The largest absolute Gasteiger partial charge is 0.274 e. The molecule has 7 nitrogen and oxygen atoms in total. The summed E-state index contributed by atoms with van der Waals surface area (Å²) in [5, 5.41) is 4.48. The molecule has 0 aliphatic rings. The lowest BCUT2D eigenvalue weighted by molar-refractivity contribution is 0.749. The molecule has 0 atom stereocenters. The Morgan fingerprint density at radius 3 is 2.50 bits per heavy atom. The van der Waals surface area contributed by atoms with Gasteiger partial charge < -0.3 is 0 Å². The zero-order chi connectivity index (χ0) is 14.3. The molecular formula is C11H9BrClN7. The van der Waals surface area contributed by atoms with Gasteiger partial charge in [0.25, 0.3) is 5.95 Å². The van der Waals surface area contributed by atoms with Crippen LogP contribution in [0, 0.1) is 13.8 Å². The fourth-order valence-corrected chi connectivity index (χ4v) is 2.13. The molecule has 0 N–H and O–H groups in total. The van der Waals surface area contributed by atoms with Crippen LogP contribution in [0.5, 0.6) is 0 Å². The summed E-state index contributed by atoms with van der Waals surface area (Å²) in [6.45, 7) is 3.81. The Hall–Kier alpha value is -1.80. The van der Waals surface area contributed by atoms with E-state index in [2.05, 4.69) is 41.0 Å². The lowest BCUT2D eigenvalue weighted by Gasteiger charge is -2.05. The van der Waals surface area contributed by atoms with Crippen molar-refractivity contribution in [3.8, 4) is 11.9 Å². The second-order valence-electron chi connectivity index (χ2n) is 4.07. The lowest BCUT2D eigenvalue weighted by atomic mass is 10.4. The first-order valence-electron chi connectivity index (χ1n) is 5.68. The van der Waals surface area contributed by atoms with Gasteiger partial charge in [0.1, 0.15) is 6.33 Å². The maximum Gasteiger partial charge on any atom is 0.256 e. The molecule has 3 aromatic heterocycles. The highest BCUT2D eigenvalue weighted by atomic mass is 79.9. The van der Waals surface area contributed by atoms with Crippen LogP contribution < -0.4 is 0 Å². The molecule has 3 rings (SSSR count). The average molecular weight is 355 g/mol. The van der Waals surface area contributed by atoms with Gasteiger partial charge in [-0.05, 0) is 41.4 Å². The van der Waals surface area contributed by atoms with E-state index in [-0.39, 0.29) is 5.28 Å². The third kappa shape index (κ3) is 2.20. The van der Waals surface area contributed by atoms with Crippen molar-refractivity contribution in [3.63, 3.8) is 0 Å². The molecule has 0 aromatic carbocycles. The Bertz CT molecular complexity index is 765. The van der Waals surface area contributed by atoms with E-state index in [4.69, 9.17) is 11.6 Å². The molecule has 3 heterocycles. The van der Waals surface area contributed by atoms with Crippen LogP contribution in [0.15, 0.2) is 23.2 Å². The molecule has 0 bridgehead atoms. The summed E-state index contributed by atoms with van der Waals surface area (Å²) >= 11 is 9.44. The van der Waals surface area contributed by atoms with E-state index < -0.39 is 0 Å². The molecule has 0 aliphatic heterocycles. The van der Waals surface area contributed by atoms with E-state index >= 15 is 0 Å². The van der Waals surface area contributed by atoms with Crippen molar-refractivity contribution in [3.05, 3.63) is 39.9 Å². The predicted octanol–water partition coefficient (Wildman–Crippen LogP) is 2.28. The average Bonchev–Trinajstić information content (AvgIpc) is 3.03. The molecule has 0 aliphatic carbocycles. The minimum atomic E-state index is 0.0994. The van der Waals surface area contributed by atoms with Crippen molar-refractivity contribution in [2.45, 2.75) is 13.8 Å². The van der Waals surface area contributed by atoms with Crippen LogP contribution in [-0.4, -0.2) is 34.3 Å². The van der Waals surface area contributed by atoms with Crippen molar-refractivity contribution < 1.29 is 0 Å². The molecule has 0 fully saturated rings. The first kappa shape index (κ1) is 13.2. The SMILES string of the molecule is Cc1nn(-c2nc(Cl)nc(-n3ccnc3)n2)c(C)c1Br. The molecule has 102 valence electrons. The molecule has 20 heavy (non-hydrogen) atoms. The fourth-order valence-electron chi connectivity index (χ4n) is 1.74. The van der Waals surface area contributed by atoms with Gasteiger partial charge in [-0.3, -0.25) is 4.57 Å². The Labute approximate surface area is 127 Å². The molecule has 0 spiro atoms. The van der Waals surface area contributed by atoms with Crippen LogP contribution in [0.3, 0.4) is 0 Å². The minimum Gasteiger partial charge on any atom is -0.274 e. The van der Waals surface area contributed by atoms with Crippen LogP contribution in [0.4, 0.5) is 0 Å². The number of rotatable bonds is 2. The van der Waals surface area contributed by atoms with Crippen LogP contribution in [0.2, 0.25) is 5.28 Å². The standard InChI is InChI=1S/C11H9BrClN7/c1-6-8(12)7(2)20(18-6)11-16-9(13)15-10(17-11)19-4-3-14-5-19/h3-5H,1-2H3. The first-order valence-corrected chi connectivity index (χ1v) is 6.85. The fraction of sp³-hybridized carbons (Fsp3) is 0.182. The van der Waals surface area contributed by atoms with Gasteiger partial charge in [0.2, 0.25) is 11.2 Å². The normalized spacial score (nSPS) is 11.0. The molecular weight excluding hydrogens is 346 g/mol. The van der Waals surface area contributed by atoms with Crippen molar-refractivity contribution in [1.29, 1.82) is 0 Å². The highest BCUT2D eigenvalue weighted by Crippen LogP contribution is 2.22. The second kappa shape index (κ2) is 4.95.